The van der Waals surface area contributed by atoms with Crippen LogP contribution in [0.1, 0.15) is 27.5 Å². The van der Waals surface area contributed by atoms with Gasteiger partial charge in [0.15, 0.2) is 0 Å². The Labute approximate surface area is 153 Å². The summed E-state index contributed by atoms with van der Waals surface area (Å²) in [4.78, 5) is 16.8. The number of benzene rings is 2. The maximum Gasteiger partial charge on any atom is 0.253 e. The van der Waals surface area contributed by atoms with Gasteiger partial charge in [-0.2, -0.15) is 0 Å². The maximum atomic E-state index is 12.7. The van der Waals surface area contributed by atoms with Gasteiger partial charge in [0.2, 0.25) is 0 Å². The average molecular weight is 402 g/mol. The molecule has 1 N–H and O–H groups in total. The van der Waals surface area contributed by atoms with E-state index in [4.69, 9.17) is 11.6 Å². The van der Waals surface area contributed by atoms with Crippen molar-refractivity contribution in [3.05, 3.63) is 99.2 Å². The van der Waals surface area contributed by atoms with Crippen LogP contribution in [0.15, 0.2) is 77.5 Å². The van der Waals surface area contributed by atoms with Crippen LogP contribution in [0.3, 0.4) is 0 Å². The van der Waals surface area contributed by atoms with Crippen molar-refractivity contribution in [2.24, 2.45) is 0 Å². The van der Waals surface area contributed by atoms with Crippen LogP contribution in [0.4, 0.5) is 0 Å². The first-order valence-corrected chi connectivity index (χ1v) is 8.53. The standard InChI is InChI=1S/C19H14BrClN2O/c20-15-6-7-16(17(21)12-15)19(24)23-18(13-4-2-1-3-5-13)14-8-10-22-11-9-14/h1-12,18H,(H,23,24). The van der Waals surface area contributed by atoms with Crippen LogP contribution >= 0.6 is 27.5 Å². The number of nitrogens with zero attached hydrogens (tertiary/aromatic N) is 1. The molecule has 2 aromatic carbocycles. The predicted octanol–water partition coefficient (Wildman–Crippen LogP) is 5.02. The van der Waals surface area contributed by atoms with E-state index in [-0.39, 0.29) is 11.9 Å². The highest BCUT2D eigenvalue weighted by Gasteiger charge is 2.19. The first-order valence-electron chi connectivity index (χ1n) is 7.36. The molecule has 3 aromatic rings. The highest BCUT2D eigenvalue weighted by Crippen LogP contribution is 2.25. The summed E-state index contributed by atoms with van der Waals surface area (Å²) >= 11 is 9.55. The molecule has 0 radical (unpaired) electrons. The molecule has 0 fully saturated rings. The van der Waals surface area contributed by atoms with Crippen molar-refractivity contribution in [3.63, 3.8) is 0 Å². The Hall–Kier alpha value is -2.17. The molecule has 0 saturated heterocycles. The Morgan fingerprint density at radius 3 is 2.33 bits per heavy atom. The van der Waals surface area contributed by atoms with Gasteiger partial charge in [-0.25, -0.2) is 0 Å². The van der Waals surface area contributed by atoms with Gasteiger partial charge >= 0.3 is 0 Å². The van der Waals surface area contributed by atoms with E-state index in [1.807, 2.05) is 42.5 Å². The Balaban J connectivity index is 1.94. The van der Waals surface area contributed by atoms with Crippen LogP contribution in [0, 0.1) is 0 Å². The molecule has 24 heavy (non-hydrogen) atoms. The average Bonchev–Trinajstić information content (AvgIpc) is 2.61. The number of hydrogen-bond acceptors (Lipinski definition) is 2. The monoisotopic (exact) mass is 400 g/mol. The van der Waals surface area contributed by atoms with E-state index in [1.54, 1.807) is 30.6 Å². The zero-order valence-electron chi connectivity index (χ0n) is 12.6. The summed E-state index contributed by atoms with van der Waals surface area (Å²) in [6.07, 6.45) is 3.42. The molecule has 0 aliphatic rings. The van der Waals surface area contributed by atoms with E-state index >= 15 is 0 Å². The Morgan fingerprint density at radius 1 is 1.00 bits per heavy atom. The Bertz CT molecular complexity index is 801. The van der Waals surface area contributed by atoms with Crippen molar-refractivity contribution >= 4 is 33.4 Å². The van der Waals surface area contributed by atoms with Crippen LogP contribution in [-0.2, 0) is 0 Å². The van der Waals surface area contributed by atoms with Crippen molar-refractivity contribution in [3.8, 4) is 0 Å². The zero-order valence-corrected chi connectivity index (χ0v) is 15.0. The Kier molecular flexibility index (Phi) is 5.28. The minimum absolute atomic E-state index is 0.224. The molecule has 1 amide bonds. The zero-order chi connectivity index (χ0) is 16.9. The third kappa shape index (κ3) is 3.83. The van der Waals surface area contributed by atoms with Gasteiger partial charge in [-0.15, -0.1) is 0 Å². The van der Waals surface area contributed by atoms with E-state index in [0.29, 0.717) is 10.6 Å². The lowest BCUT2D eigenvalue weighted by atomic mass is 9.99. The summed E-state index contributed by atoms with van der Waals surface area (Å²) in [5, 5.41) is 3.47. The second-order valence-corrected chi connectivity index (χ2v) is 6.54. The summed E-state index contributed by atoms with van der Waals surface area (Å²) < 4.78 is 0.831. The van der Waals surface area contributed by atoms with Gasteiger partial charge in [-0.3, -0.25) is 9.78 Å². The van der Waals surface area contributed by atoms with Gasteiger partial charge in [-0.05, 0) is 41.5 Å². The molecule has 3 nitrogen and oxygen atoms in total. The van der Waals surface area contributed by atoms with Crippen molar-refractivity contribution in [1.82, 2.24) is 10.3 Å². The van der Waals surface area contributed by atoms with Gasteiger partial charge in [-0.1, -0.05) is 57.9 Å². The lowest BCUT2D eigenvalue weighted by Crippen LogP contribution is -2.29. The molecule has 0 saturated carbocycles. The van der Waals surface area contributed by atoms with E-state index < -0.39 is 0 Å². The highest BCUT2D eigenvalue weighted by atomic mass is 79.9. The molecule has 1 atom stereocenters. The number of amides is 1. The number of pyridine rings is 1. The molecule has 0 bridgehead atoms. The minimum Gasteiger partial charge on any atom is -0.341 e. The summed E-state index contributed by atoms with van der Waals surface area (Å²) in [6.45, 7) is 0. The summed E-state index contributed by atoms with van der Waals surface area (Å²) in [5.41, 5.74) is 2.39. The summed E-state index contributed by atoms with van der Waals surface area (Å²) in [7, 11) is 0. The lowest BCUT2D eigenvalue weighted by molar-refractivity contribution is 0.0943. The van der Waals surface area contributed by atoms with Crippen molar-refractivity contribution < 1.29 is 4.79 Å². The normalized spacial score (nSPS) is 11.8. The molecule has 1 unspecified atom stereocenters. The summed E-state index contributed by atoms with van der Waals surface area (Å²) in [5.74, 6) is -0.224. The molecular weight excluding hydrogens is 388 g/mol. The lowest BCUT2D eigenvalue weighted by Gasteiger charge is -2.20. The number of rotatable bonds is 4. The smallest absolute Gasteiger partial charge is 0.253 e. The fraction of sp³-hybridized carbons (Fsp3) is 0.0526. The Morgan fingerprint density at radius 2 is 1.67 bits per heavy atom. The van der Waals surface area contributed by atoms with Crippen molar-refractivity contribution in [1.29, 1.82) is 0 Å². The third-order valence-corrected chi connectivity index (χ3v) is 4.43. The van der Waals surface area contributed by atoms with Gasteiger partial charge in [0.25, 0.3) is 5.91 Å². The molecule has 3 rings (SSSR count). The first-order chi connectivity index (χ1) is 11.6. The van der Waals surface area contributed by atoms with Crippen molar-refractivity contribution in [2.75, 3.05) is 0 Å². The molecule has 1 heterocycles. The second kappa shape index (κ2) is 7.60. The van der Waals surface area contributed by atoms with E-state index in [0.717, 1.165) is 15.6 Å². The number of carbonyl (C=O) groups is 1. The molecule has 1 aromatic heterocycles. The SMILES string of the molecule is O=C(NC(c1ccccc1)c1ccncc1)c1ccc(Br)cc1Cl. The molecule has 0 aliphatic carbocycles. The fourth-order valence-electron chi connectivity index (χ4n) is 2.44. The van der Waals surface area contributed by atoms with Crippen LogP contribution in [-0.4, -0.2) is 10.9 Å². The van der Waals surface area contributed by atoms with E-state index in [1.165, 1.54) is 0 Å². The number of nitrogens with one attached hydrogen (secondary N) is 1. The number of carbonyl (C=O) groups excluding carboxylic acids is 1. The van der Waals surface area contributed by atoms with Gasteiger partial charge in [0.1, 0.15) is 0 Å². The topological polar surface area (TPSA) is 42.0 Å². The highest BCUT2D eigenvalue weighted by molar-refractivity contribution is 9.10. The number of aromatic nitrogens is 1. The number of halogens is 2. The molecule has 0 aliphatic heterocycles. The molecular formula is C19H14BrClN2O. The minimum atomic E-state index is -0.276. The van der Waals surface area contributed by atoms with Gasteiger partial charge in [0, 0.05) is 16.9 Å². The van der Waals surface area contributed by atoms with Crippen LogP contribution in [0.2, 0.25) is 5.02 Å². The number of hydrogen-bond donors (Lipinski definition) is 1. The van der Waals surface area contributed by atoms with Gasteiger partial charge in [0.05, 0.1) is 16.6 Å². The van der Waals surface area contributed by atoms with E-state index in [2.05, 4.69) is 26.2 Å². The van der Waals surface area contributed by atoms with Crippen LogP contribution < -0.4 is 5.32 Å². The molecule has 0 spiro atoms. The maximum absolute atomic E-state index is 12.7. The van der Waals surface area contributed by atoms with Gasteiger partial charge < -0.3 is 5.32 Å². The van der Waals surface area contributed by atoms with Crippen molar-refractivity contribution in [2.45, 2.75) is 6.04 Å². The van der Waals surface area contributed by atoms with Crippen LogP contribution in [0.25, 0.3) is 0 Å². The molecule has 120 valence electrons. The quantitative estimate of drug-likeness (QED) is 0.667. The third-order valence-electron chi connectivity index (χ3n) is 3.62. The second-order valence-electron chi connectivity index (χ2n) is 5.22. The first kappa shape index (κ1) is 16.7. The van der Waals surface area contributed by atoms with Crippen LogP contribution in [0.5, 0.6) is 0 Å². The van der Waals surface area contributed by atoms with E-state index in [9.17, 15) is 4.79 Å². The predicted molar refractivity (Wildman–Crippen MR) is 99.1 cm³/mol. The largest absolute Gasteiger partial charge is 0.341 e. The molecule has 5 heteroatoms. The fourth-order valence-corrected chi connectivity index (χ4v) is 3.20. The summed E-state index contributed by atoms with van der Waals surface area (Å²) in [6, 6.07) is 18.5.